The molecule has 6 nitrogen and oxygen atoms in total. The van der Waals surface area contributed by atoms with Crippen LogP contribution >= 0.6 is 11.6 Å². The van der Waals surface area contributed by atoms with Crippen molar-refractivity contribution in [1.82, 2.24) is 9.29 Å². The van der Waals surface area contributed by atoms with Gasteiger partial charge in [-0.15, -0.1) is 0 Å². The summed E-state index contributed by atoms with van der Waals surface area (Å²) in [6.45, 7) is 2.20. The Kier molecular flexibility index (Phi) is 5.08. The van der Waals surface area contributed by atoms with Crippen molar-refractivity contribution >= 4 is 33.3 Å². The maximum absolute atomic E-state index is 12.9. The van der Waals surface area contributed by atoms with E-state index in [0.29, 0.717) is 30.2 Å². The second-order valence-electron chi connectivity index (χ2n) is 5.94. The van der Waals surface area contributed by atoms with Gasteiger partial charge in [-0.3, -0.25) is 4.79 Å². The van der Waals surface area contributed by atoms with E-state index >= 15 is 0 Å². The molecule has 0 unspecified atom stereocenters. The smallest absolute Gasteiger partial charge is 0.243 e. The van der Waals surface area contributed by atoms with Crippen LogP contribution < -0.4 is 5.32 Å². The van der Waals surface area contributed by atoms with Gasteiger partial charge >= 0.3 is 0 Å². The number of hydrogen-bond acceptors (Lipinski definition) is 4. The number of rotatable bonds is 4. The molecular formula is C17H18ClN3O3S. The summed E-state index contributed by atoms with van der Waals surface area (Å²) in [4.78, 5) is 16.8. The number of aryl methyl sites for hydroxylation is 1. The van der Waals surface area contributed by atoms with Gasteiger partial charge in [0.15, 0.2) is 0 Å². The Morgan fingerprint density at radius 3 is 2.68 bits per heavy atom. The number of sulfonamides is 1. The molecule has 1 atom stereocenters. The number of nitrogens with zero attached hydrogens (tertiary/aromatic N) is 2. The maximum Gasteiger partial charge on any atom is 0.243 e. The minimum atomic E-state index is -3.76. The predicted molar refractivity (Wildman–Crippen MR) is 96.0 cm³/mol. The van der Waals surface area contributed by atoms with Gasteiger partial charge in [0.2, 0.25) is 15.9 Å². The van der Waals surface area contributed by atoms with Crippen LogP contribution in [0.5, 0.6) is 0 Å². The van der Waals surface area contributed by atoms with Crippen molar-refractivity contribution in [2.75, 3.05) is 11.9 Å². The zero-order chi connectivity index (χ0) is 18.0. The molecule has 2 aromatic rings. The number of benzene rings is 1. The summed E-state index contributed by atoms with van der Waals surface area (Å²) in [7, 11) is -3.76. The number of nitrogens with one attached hydrogen (secondary N) is 1. The molecule has 2 heterocycles. The van der Waals surface area contributed by atoms with Gasteiger partial charge < -0.3 is 5.32 Å². The van der Waals surface area contributed by atoms with Crippen molar-refractivity contribution in [3.63, 3.8) is 0 Å². The van der Waals surface area contributed by atoms with Crippen LogP contribution in [0.4, 0.5) is 5.82 Å². The molecule has 1 aromatic carbocycles. The highest BCUT2D eigenvalue weighted by atomic mass is 35.5. The fourth-order valence-electron chi connectivity index (χ4n) is 2.85. The van der Waals surface area contributed by atoms with E-state index in [1.54, 1.807) is 12.3 Å². The zero-order valence-corrected chi connectivity index (χ0v) is 15.2. The quantitative estimate of drug-likeness (QED) is 0.885. The van der Waals surface area contributed by atoms with Gasteiger partial charge in [0, 0.05) is 17.8 Å². The Morgan fingerprint density at radius 1 is 1.28 bits per heavy atom. The van der Waals surface area contributed by atoms with Gasteiger partial charge in [-0.25, -0.2) is 13.4 Å². The van der Waals surface area contributed by atoms with E-state index in [-0.39, 0.29) is 10.8 Å². The van der Waals surface area contributed by atoms with Crippen molar-refractivity contribution in [3.8, 4) is 0 Å². The van der Waals surface area contributed by atoms with E-state index in [2.05, 4.69) is 10.3 Å². The van der Waals surface area contributed by atoms with Crippen molar-refractivity contribution in [2.45, 2.75) is 30.7 Å². The van der Waals surface area contributed by atoms with E-state index < -0.39 is 16.1 Å². The van der Waals surface area contributed by atoms with Crippen molar-refractivity contribution < 1.29 is 13.2 Å². The van der Waals surface area contributed by atoms with Gasteiger partial charge in [-0.05, 0) is 61.7 Å². The molecule has 1 aliphatic heterocycles. The Bertz CT molecular complexity index is 884. The van der Waals surface area contributed by atoms with Gasteiger partial charge in [0.1, 0.15) is 11.9 Å². The monoisotopic (exact) mass is 379 g/mol. The van der Waals surface area contributed by atoms with Crippen LogP contribution in [0.2, 0.25) is 5.02 Å². The minimum absolute atomic E-state index is 0.130. The molecule has 25 heavy (non-hydrogen) atoms. The molecule has 0 aliphatic carbocycles. The van der Waals surface area contributed by atoms with Crippen LogP contribution in [-0.2, 0) is 14.8 Å². The molecule has 0 spiro atoms. The molecule has 1 fully saturated rings. The van der Waals surface area contributed by atoms with Crippen LogP contribution in [0.25, 0.3) is 0 Å². The van der Waals surface area contributed by atoms with Crippen LogP contribution in [-0.4, -0.2) is 36.2 Å². The first-order chi connectivity index (χ1) is 11.9. The third kappa shape index (κ3) is 3.84. The molecule has 0 bridgehead atoms. The third-order valence-corrected chi connectivity index (χ3v) is 6.27. The van der Waals surface area contributed by atoms with Gasteiger partial charge in [0.05, 0.1) is 4.90 Å². The fraction of sp³-hybridized carbons (Fsp3) is 0.294. The molecule has 1 aromatic heterocycles. The van der Waals surface area contributed by atoms with Crippen molar-refractivity contribution in [3.05, 3.63) is 53.2 Å². The zero-order valence-electron chi connectivity index (χ0n) is 13.6. The Morgan fingerprint density at radius 2 is 2.00 bits per heavy atom. The van der Waals surface area contributed by atoms with Crippen LogP contribution in [0.15, 0.2) is 47.5 Å². The van der Waals surface area contributed by atoms with Crippen LogP contribution in [0.3, 0.4) is 0 Å². The summed E-state index contributed by atoms with van der Waals surface area (Å²) in [6, 6.07) is 8.77. The molecule has 0 saturated carbocycles. The number of amides is 1. The molecule has 1 amide bonds. The summed E-state index contributed by atoms with van der Waals surface area (Å²) >= 11 is 5.82. The lowest BCUT2D eigenvalue weighted by atomic mass is 10.2. The summed E-state index contributed by atoms with van der Waals surface area (Å²) in [5, 5.41) is 3.17. The number of hydrogen-bond donors (Lipinski definition) is 1. The number of carbonyl (C=O) groups is 1. The maximum atomic E-state index is 12.9. The van der Waals surface area contributed by atoms with Crippen molar-refractivity contribution in [2.24, 2.45) is 0 Å². The SMILES string of the molecule is Cc1ccnc(NC(=O)[C@@H]2CCCN2S(=O)(=O)c2ccc(Cl)cc2)c1. The van der Waals surface area contributed by atoms with Crippen LogP contribution in [0.1, 0.15) is 18.4 Å². The van der Waals surface area contributed by atoms with Gasteiger partial charge in [-0.1, -0.05) is 11.6 Å². The summed E-state index contributed by atoms with van der Waals surface area (Å²) in [6.07, 6.45) is 2.71. The Hall–Kier alpha value is -1.96. The Labute approximate surface area is 151 Å². The minimum Gasteiger partial charge on any atom is -0.309 e. The van der Waals surface area contributed by atoms with Crippen LogP contribution in [0, 0.1) is 6.92 Å². The second kappa shape index (κ2) is 7.11. The Balaban J connectivity index is 1.82. The number of pyridine rings is 1. The molecular weight excluding hydrogens is 362 g/mol. The predicted octanol–water partition coefficient (Wildman–Crippen LogP) is 2.84. The largest absolute Gasteiger partial charge is 0.309 e. The highest BCUT2D eigenvalue weighted by molar-refractivity contribution is 7.89. The average Bonchev–Trinajstić information content (AvgIpc) is 3.06. The molecule has 1 N–H and O–H groups in total. The first kappa shape index (κ1) is 17.8. The van der Waals surface area contributed by atoms with E-state index in [1.807, 2.05) is 13.0 Å². The summed E-state index contributed by atoms with van der Waals surface area (Å²) < 4.78 is 27.0. The highest BCUT2D eigenvalue weighted by Crippen LogP contribution is 2.27. The molecule has 1 saturated heterocycles. The number of anilines is 1. The van der Waals surface area contributed by atoms with Crippen molar-refractivity contribution in [1.29, 1.82) is 0 Å². The topological polar surface area (TPSA) is 79.4 Å². The van der Waals surface area contributed by atoms with E-state index in [9.17, 15) is 13.2 Å². The highest BCUT2D eigenvalue weighted by Gasteiger charge is 2.39. The van der Waals surface area contributed by atoms with E-state index in [1.165, 1.54) is 28.6 Å². The first-order valence-electron chi connectivity index (χ1n) is 7.89. The average molecular weight is 380 g/mol. The third-order valence-electron chi connectivity index (χ3n) is 4.09. The lowest BCUT2D eigenvalue weighted by Gasteiger charge is -2.23. The van der Waals surface area contributed by atoms with E-state index in [0.717, 1.165) is 5.56 Å². The fourth-order valence-corrected chi connectivity index (χ4v) is 4.63. The molecule has 3 rings (SSSR count). The van der Waals surface area contributed by atoms with Gasteiger partial charge in [0.25, 0.3) is 0 Å². The number of halogens is 1. The standard InChI is InChI=1S/C17H18ClN3O3S/c1-12-8-9-19-16(11-12)20-17(22)15-3-2-10-21(15)25(23,24)14-6-4-13(18)5-7-14/h4-9,11,15H,2-3,10H2,1H3,(H,19,20,22)/t15-/m0/s1. The molecule has 132 valence electrons. The van der Waals surface area contributed by atoms with Gasteiger partial charge in [-0.2, -0.15) is 4.31 Å². The normalized spacial score (nSPS) is 18.2. The molecule has 1 aliphatic rings. The lowest BCUT2D eigenvalue weighted by molar-refractivity contribution is -0.119. The molecule has 0 radical (unpaired) electrons. The van der Waals surface area contributed by atoms with E-state index in [4.69, 9.17) is 11.6 Å². The number of carbonyl (C=O) groups excluding carboxylic acids is 1. The molecule has 8 heteroatoms. The lowest BCUT2D eigenvalue weighted by Crippen LogP contribution is -2.43. The summed E-state index contributed by atoms with van der Waals surface area (Å²) in [5.74, 6) is 0.0499. The number of aromatic nitrogens is 1. The first-order valence-corrected chi connectivity index (χ1v) is 9.71. The summed E-state index contributed by atoms with van der Waals surface area (Å²) in [5.41, 5.74) is 0.961. The second-order valence-corrected chi connectivity index (χ2v) is 8.26.